The van der Waals surface area contributed by atoms with Crippen LogP contribution in [0.4, 0.5) is 0 Å². The van der Waals surface area contributed by atoms with Crippen molar-refractivity contribution in [2.45, 2.75) is 6.42 Å². The van der Waals surface area contributed by atoms with Crippen molar-refractivity contribution >= 4 is 6.08 Å². The number of hydrogen-bond donors (Lipinski definition) is 3. The van der Waals surface area contributed by atoms with Gasteiger partial charge in [-0.15, -0.1) is 0 Å². The molecule has 2 aromatic carbocycles. The molecule has 0 saturated heterocycles. The zero-order valence-electron chi connectivity index (χ0n) is 10.7. The summed E-state index contributed by atoms with van der Waals surface area (Å²) in [5.74, 6) is 5.77. The summed E-state index contributed by atoms with van der Waals surface area (Å²) in [7, 11) is 0. The van der Waals surface area contributed by atoms with Crippen LogP contribution in [0.3, 0.4) is 0 Å². The minimum absolute atomic E-state index is 0.150. The van der Waals surface area contributed by atoms with Gasteiger partial charge in [0.05, 0.1) is 0 Å². The van der Waals surface area contributed by atoms with Crippen LogP contribution in [0.2, 0.25) is 0 Å². The number of phenols is 3. The van der Waals surface area contributed by atoms with Crippen LogP contribution in [-0.4, -0.2) is 15.3 Å². The van der Waals surface area contributed by atoms with Gasteiger partial charge in [-0.3, -0.25) is 0 Å². The minimum Gasteiger partial charge on any atom is -0.508 e. The Morgan fingerprint density at radius 2 is 1.65 bits per heavy atom. The first-order valence-electron chi connectivity index (χ1n) is 6.11. The largest absolute Gasteiger partial charge is 0.508 e. The fourth-order valence-corrected chi connectivity index (χ4v) is 1.59. The van der Waals surface area contributed by atoms with E-state index in [1.165, 1.54) is 12.1 Å². The van der Waals surface area contributed by atoms with E-state index in [0.717, 1.165) is 5.56 Å². The zero-order valence-corrected chi connectivity index (χ0v) is 10.7. The molecule has 0 radical (unpaired) electrons. The van der Waals surface area contributed by atoms with Gasteiger partial charge in [-0.1, -0.05) is 36.1 Å². The molecule has 0 atom stereocenters. The third-order valence-electron chi connectivity index (χ3n) is 2.63. The summed E-state index contributed by atoms with van der Waals surface area (Å²) in [6, 6.07) is 11.4. The average Bonchev–Trinajstić information content (AvgIpc) is 2.44. The quantitative estimate of drug-likeness (QED) is 0.577. The summed E-state index contributed by atoms with van der Waals surface area (Å²) in [4.78, 5) is 0. The molecule has 2 rings (SSSR count). The van der Waals surface area contributed by atoms with E-state index < -0.39 is 0 Å². The lowest BCUT2D eigenvalue weighted by Gasteiger charge is -1.96. The summed E-state index contributed by atoms with van der Waals surface area (Å²) in [6.45, 7) is 0. The molecule has 3 heteroatoms. The van der Waals surface area contributed by atoms with Crippen molar-refractivity contribution in [2.24, 2.45) is 0 Å². The van der Waals surface area contributed by atoms with E-state index in [4.69, 9.17) is 5.11 Å². The molecular weight excluding hydrogens is 252 g/mol. The van der Waals surface area contributed by atoms with Crippen molar-refractivity contribution in [1.82, 2.24) is 0 Å². The number of aromatic hydroxyl groups is 3. The summed E-state index contributed by atoms with van der Waals surface area (Å²) >= 11 is 0. The second-order valence-electron chi connectivity index (χ2n) is 4.20. The van der Waals surface area contributed by atoms with Crippen molar-refractivity contribution in [3.05, 3.63) is 59.7 Å². The van der Waals surface area contributed by atoms with Crippen LogP contribution >= 0.6 is 0 Å². The van der Waals surface area contributed by atoms with E-state index in [2.05, 4.69) is 11.8 Å². The van der Waals surface area contributed by atoms with Gasteiger partial charge in [0.15, 0.2) is 11.5 Å². The van der Waals surface area contributed by atoms with E-state index in [0.29, 0.717) is 12.0 Å². The molecular formula is C17H14O3. The molecule has 0 aliphatic heterocycles. The van der Waals surface area contributed by atoms with Gasteiger partial charge in [0.1, 0.15) is 5.75 Å². The zero-order chi connectivity index (χ0) is 14.4. The molecule has 3 N–H and O–H groups in total. The molecule has 0 aliphatic carbocycles. The normalized spacial score (nSPS) is 10.2. The summed E-state index contributed by atoms with van der Waals surface area (Å²) < 4.78 is 0. The monoisotopic (exact) mass is 266 g/mol. The lowest BCUT2D eigenvalue weighted by molar-refractivity contribution is 0.403. The van der Waals surface area contributed by atoms with Crippen molar-refractivity contribution < 1.29 is 15.3 Å². The Hall–Kier alpha value is -2.86. The highest BCUT2D eigenvalue weighted by Gasteiger charge is 1.97. The van der Waals surface area contributed by atoms with Crippen LogP contribution in [-0.2, 0) is 0 Å². The molecule has 0 amide bonds. The maximum absolute atomic E-state index is 9.32. The molecule has 0 aliphatic rings. The molecule has 100 valence electrons. The van der Waals surface area contributed by atoms with Gasteiger partial charge < -0.3 is 15.3 Å². The number of rotatable bonds is 2. The molecule has 3 nitrogen and oxygen atoms in total. The van der Waals surface area contributed by atoms with Gasteiger partial charge in [-0.25, -0.2) is 0 Å². The second kappa shape index (κ2) is 6.35. The van der Waals surface area contributed by atoms with Gasteiger partial charge in [0, 0.05) is 12.0 Å². The predicted molar refractivity (Wildman–Crippen MR) is 78.4 cm³/mol. The maximum atomic E-state index is 9.32. The van der Waals surface area contributed by atoms with Crippen molar-refractivity contribution in [1.29, 1.82) is 0 Å². The molecule has 2 aromatic rings. The number of benzene rings is 2. The Balaban J connectivity index is 1.94. The van der Waals surface area contributed by atoms with Gasteiger partial charge in [0.25, 0.3) is 0 Å². The first-order chi connectivity index (χ1) is 9.65. The predicted octanol–water partition coefficient (Wildman–Crippen LogP) is 3.26. The van der Waals surface area contributed by atoms with Crippen molar-refractivity contribution in [3.8, 4) is 29.1 Å². The van der Waals surface area contributed by atoms with Crippen LogP contribution < -0.4 is 0 Å². The second-order valence-corrected chi connectivity index (χ2v) is 4.20. The van der Waals surface area contributed by atoms with Crippen LogP contribution in [0.1, 0.15) is 17.5 Å². The minimum atomic E-state index is -0.170. The van der Waals surface area contributed by atoms with E-state index >= 15 is 0 Å². The standard InChI is InChI=1S/C17H14O3/c18-15-9-6-13(7-10-15)4-2-1-3-5-14-8-11-16(19)17(20)12-14/h2,4,6-12,18-20H,1H2. The first kappa shape index (κ1) is 13.6. The summed E-state index contributed by atoms with van der Waals surface area (Å²) in [6.07, 6.45) is 4.41. The fourth-order valence-electron chi connectivity index (χ4n) is 1.59. The molecule has 0 unspecified atom stereocenters. The number of allylic oxidation sites excluding steroid dienone is 1. The Labute approximate surface area is 117 Å². The Morgan fingerprint density at radius 3 is 2.35 bits per heavy atom. The summed E-state index contributed by atoms with van der Waals surface area (Å²) in [5.41, 5.74) is 1.64. The molecule has 0 aromatic heterocycles. The highest BCUT2D eigenvalue weighted by Crippen LogP contribution is 2.24. The highest BCUT2D eigenvalue weighted by molar-refractivity contribution is 5.51. The Morgan fingerprint density at radius 1 is 0.900 bits per heavy atom. The molecule has 0 bridgehead atoms. The van der Waals surface area contributed by atoms with Crippen molar-refractivity contribution in [3.63, 3.8) is 0 Å². The summed E-state index contributed by atoms with van der Waals surface area (Å²) in [5, 5.41) is 27.6. The molecule has 0 fully saturated rings. The molecule has 0 heterocycles. The van der Waals surface area contributed by atoms with Crippen LogP contribution in [0.5, 0.6) is 17.2 Å². The maximum Gasteiger partial charge on any atom is 0.158 e. The lowest BCUT2D eigenvalue weighted by atomic mass is 10.2. The molecule has 0 saturated carbocycles. The van der Waals surface area contributed by atoms with Gasteiger partial charge in [0.2, 0.25) is 0 Å². The number of hydrogen-bond acceptors (Lipinski definition) is 3. The van der Waals surface area contributed by atoms with Crippen LogP contribution in [0.15, 0.2) is 48.5 Å². The first-order valence-corrected chi connectivity index (χ1v) is 6.11. The smallest absolute Gasteiger partial charge is 0.158 e. The molecule has 20 heavy (non-hydrogen) atoms. The van der Waals surface area contributed by atoms with Crippen LogP contribution in [0.25, 0.3) is 6.08 Å². The van der Waals surface area contributed by atoms with E-state index in [9.17, 15) is 10.2 Å². The van der Waals surface area contributed by atoms with Crippen LogP contribution in [0, 0.1) is 11.8 Å². The Kier molecular flexibility index (Phi) is 4.31. The third kappa shape index (κ3) is 3.82. The lowest BCUT2D eigenvalue weighted by Crippen LogP contribution is -1.74. The fraction of sp³-hybridized carbons (Fsp3) is 0.0588. The topological polar surface area (TPSA) is 60.7 Å². The average molecular weight is 266 g/mol. The Bertz CT molecular complexity index is 674. The van der Waals surface area contributed by atoms with E-state index in [1.807, 2.05) is 24.3 Å². The highest BCUT2D eigenvalue weighted by atomic mass is 16.3. The van der Waals surface area contributed by atoms with E-state index in [-0.39, 0.29) is 17.2 Å². The SMILES string of the molecule is Oc1ccc(C=CCC#Cc2ccc(O)c(O)c2)cc1. The van der Waals surface area contributed by atoms with Gasteiger partial charge in [-0.05, 0) is 35.9 Å². The number of phenolic OH excluding ortho intramolecular Hbond substituents is 3. The van der Waals surface area contributed by atoms with Gasteiger partial charge in [-0.2, -0.15) is 0 Å². The third-order valence-corrected chi connectivity index (χ3v) is 2.63. The van der Waals surface area contributed by atoms with Gasteiger partial charge >= 0.3 is 0 Å². The molecule has 0 spiro atoms. The van der Waals surface area contributed by atoms with E-state index in [1.54, 1.807) is 18.2 Å². The van der Waals surface area contributed by atoms with Crippen molar-refractivity contribution in [2.75, 3.05) is 0 Å².